The molecule has 0 aromatic heterocycles. The maximum atomic E-state index is 12.6. The minimum atomic E-state index is -3.81. The Hall–Kier alpha value is -2.49. The standard InChI is InChI=1S/C20H23ClN2O6S/c1-13-10-16(18(27-2)12-15(13)21)23-20(24)6-7-22-30(25,26)14-4-5-17-19(11-14)29-9-3-8-28-17/h4-5,10-12,22H,3,6-9H2,1-2H3,(H,23,24). The third-order valence-electron chi connectivity index (χ3n) is 4.43. The largest absolute Gasteiger partial charge is 0.495 e. The van der Waals surface area contributed by atoms with Crippen LogP contribution in [0, 0.1) is 6.92 Å². The molecule has 10 heteroatoms. The molecule has 0 bridgehead atoms. The van der Waals surface area contributed by atoms with E-state index < -0.39 is 10.0 Å². The summed E-state index contributed by atoms with van der Waals surface area (Å²) in [6, 6.07) is 7.74. The van der Waals surface area contributed by atoms with Crippen LogP contribution in [-0.2, 0) is 14.8 Å². The molecule has 0 saturated carbocycles. The Kier molecular flexibility index (Phi) is 7.06. The highest BCUT2D eigenvalue weighted by Crippen LogP contribution is 2.32. The van der Waals surface area contributed by atoms with Crippen molar-refractivity contribution >= 4 is 33.2 Å². The van der Waals surface area contributed by atoms with Gasteiger partial charge in [-0.25, -0.2) is 13.1 Å². The van der Waals surface area contributed by atoms with Gasteiger partial charge in [-0.15, -0.1) is 0 Å². The van der Waals surface area contributed by atoms with E-state index in [2.05, 4.69) is 10.0 Å². The number of halogens is 1. The van der Waals surface area contributed by atoms with Crippen molar-refractivity contribution in [1.82, 2.24) is 4.72 Å². The van der Waals surface area contributed by atoms with Gasteiger partial charge in [0.05, 0.1) is 30.9 Å². The van der Waals surface area contributed by atoms with Crippen LogP contribution in [-0.4, -0.2) is 41.2 Å². The fraction of sp³-hybridized carbons (Fsp3) is 0.350. The number of methoxy groups -OCH3 is 1. The summed E-state index contributed by atoms with van der Waals surface area (Å²) in [7, 11) is -2.33. The molecule has 2 aromatic rings. The average molecular weight is 455 g/mol. The van der Waals surface area contributed by atoms with Crippen LogP contribution < -0.4 is 24.2 Å². The van der Waals surface area contributed by atoms with Crippen LogP contribution in [0.5, 0.6) is 17.2 Å². The zero-order valence-electron chi connectivity index (χ0n) is 16.7. The zero-order chi connectivity index (χ0) is 21.7. The summed E-state index contributed by atoms with van der Waals surface area (Å²) in [6.07, 6.45) is 0.663. The van der Waals surface area contributed by atoms with E-state index in [1.807, 2.05) is 0 Å². The summed E-state index contributed by atoms with van der Waals surface area (Å²) >= 11 is 6.06. The lowest BCUT2D eigenvalue weighted by Crippen LogP contribution is -2.28. The highest BCUT2D eigenvalue weighted by molar-refractivity contribution is 7.89. The molecule has 1 heterocycles. The maximum Gasteiger partial charge on any atom is 0.240 e. The summed E-state index contributed by atoms with van der Waals surface area (Å²) in [5.74, 6) is 0.958. The molecule has 8 nitrogen and oxygen atoms in total. The van der Waals surface area contributed by atoms with E-state index in [4.69, 9.17) is 25.8 Å². The zero-order valence-corrected chi connectivity index (χ0v) is 18.2. The number of sulfonamides is 1. The van der Waals surface area contributed by atoms with Gasteiger partial charge in [0.1, 0.15) is 5.75 Å². The first-order chi connectivity index (χ1) is 14.3. The van der Waals surface area contributed by atoms with E-state index in [1.54, 1.807) is 25.1 Å². The SMILES string of the molecule is COc1cc(Cl)c(C)cc1NC(=O)CCNS(=O)(=O)c1ccc2c(c1)OCCCO2. The third-order valence-corrected chi connectivity index (χ3v) is 6.29. The molecule has 30 heavy (non-hydrogen) atoms. The van der Waals surface area contributed by atoms with Crippen molar-refractivity contribution < 1.29 is 27.4 Å². The smallest absolute Gasteiger partial charge is 0.240 e. The van der Waals surface area contributed by atoms with Crippen molar-refractivity contribution in [3.05, 3.63) is 40.9 Å². The molecule has 1 aliphatic heterocycles. The number of carbonyl (C=O) groups is 1. The lowest BCUT2D eigenvalue weighted by Gasteiger charge is -2.13. The Morgan fingerprint density at radius 2 is 1.90 bits per heavy atom. The number of anilines is 1. The van der Waals surface area contributed by atoms with Crippen LogP contribution in [0.4, 0.5) is 5.69 Å². The first-order valence-electron chi connectivity index (χ1n) is 9.33. The number of hydrogen-bond acceptors (Lipinski definition) is 6. The fourth-order valence-corrected chi connectivity index (χ4v) is 4.04. The van der Waals surface area contributed by atoms with Gasteiger partial charge in [-0.05, 0) is 30.7 Å². The van der Waals surface area contributed by atoms with Crippen LogP contribution >= 0.6 is 11.6 Å². The topological polar surface area (TPSA) is 103 Å². The number of aryl methyl sites for hydroxylation is 1. The molecule has 3 rings (SSSR count). The molecular weight excluding hydrogens is 432 g/mol. The highest BCUT2D eigenvalue weighted by Gasteiger charge is 2.19. The van der Waals surface area contributed by atoms with Crippen molar-refractivity contribution in [2.24, 2.45) is 0 Å². The van der Waals surface area contributed by atoms with E-state index in [0.717, 1.165) is 12.0 Å². The molecule has 2 N–H and O–H groups in total. The summed E-state index contributed by atoms with van der Waals surface area (Å²) in [6.45, 7) is 2.71. The van der Waals surface area contributed by atoms with Gasteiger partial charge in [-0.3, -0.25) is 4.79 Å². The molecule has 0 saturated heterocycles. The molecule has 0 unspecified atom stereocenters. The fourth-order valence-electron chi connectivity index (χ4n) is 2.84. The Morgan fingerprint density at radius 3 is 2.63 bits per heavy atom. The minimum absolute atomic E-state index is 0.0437. The molecule has 0 spiro atoms. The summed E-state index contributed by atoms with van der Waals surface area (Å²) < 4.78 is 43.8. The monoisotopic (exact) mass is 454 g/mol. The molecule has 0 fully saturated rings. The Labute approximate surface area is 180 Å². The third kappa shape index (κ3) is 5.35. The number of carbonyl (C=O) groups excluding carboxylic acids is 1. The molecule has 0 aliphatic carbocycles. The molecule has 2 aromatic carbocycles. The number of amides is 1. The molecule has 162 valence electrons. The quantitative estimate of drug-likeness (QED) is 0.666. The van der Waals surface area contributed by atoms with Gasteiger partial charge >= 0.3 is 0 Å². The second kappa shape index (κ2) is 9.55. The van der Waals surface area contributed by atoms with E-state index in [1.165, 1.54) is 19.2 Å². The van der Waals surface area contributed by atoms with Gasteiger partial charge in [0, 0.05) is 36.5 Å². The van der Waals surface area contributed by atoms with Gasteiger partial charge in [0.2, 0.25) is 15.9 Å². The Bertz CT molecular complexity index is 1040. The minimum Gasteiger partial charge on any atom is -0.495 e. The Morgan fingerprint density at radius 1 is 1.17 bits per heavy atom. The number of rotatable bonds is 7. The number of ether oxygens (including phenoxy) is 3. The van der Waals surface area contributed by atoms with Crippen LogP contribution in [0.2, 0.25) is 5.02 Å². The first kappa shape index (κ1) is 22.2. The lowest BCUT2D eigenvalue weighted by atomic mass is 10.2. The second-order valence-electron chi connectivity index (χ2n) is 6.66. The van der Waals surface area contributed by atoms with Crippen LogP contribution in [0.15, 0.2) is 35.2 Å². The van der Waals surface area contributed by atoms with Gasteiger partial charge in [0.25, 0.3) is 0 Å². The van der Waals surface area contributed by atoms with Gasteiger partial charge in [0.15, 0.2) is 11.5 Å². The van der Waals surface area contributed by atoms with Crippen molar-refractivity contribution in [1.29, 1.82) is 0 Å². The first-order valence-corrected chi connectivity index (χ1v) is 11.2. The van der Waals surface area contributed by atoms with Crippen molar-refractivity contribution in [2.75, 3.05) is 32.2 Å². The molecule has 1 aliphatic rings. The van der Waals surface area contributed by atoms with E-state index in [9.17, 15) is 13.2 Å². The molecule has 1 amide bonds. The number of nitrogens with one attached hydrogen (secondary N) is 2. The van der Waals surface area contributed by atoms with E-state index >= 15 is 0 Å². The molecular formula is C20H23ClN2O6S. The summed E-state index contributed by atoms with van der Waals surface area (Å²) in [4.78, 5) is 12.3. The number of benzene rings is 2. The van der Waals surface area contributed by atoms with E-state index in [-0.39, 0.29) is 23.8 Å². The predicted molar refractivity (Wildman–Crippen MR) is 113 cm³/mol. The lowest BCUT2D eigenvalue weighted by molar-refractivity contribution is -0.116. The molecule has 0 radical (unpaired) electrons. The number of fused-ring (bicyclic) bond motifs is 1. The van der Waals surface area contributed by atoms with E-state index in [0.29, 0.717) is 41.2 Å². The maximum absolute atomic E-state index is 12.6. The predicted octanol–water partition coefficient (Wildman–Crippen LogP) is 3.13. The average Bonchev–Trinajstić information content (AvgIpc) is 2.95. The summed E-state index contributed by atoms with van der Waals surface area (Å²) in [5, 5.41) is 3.23. The van der Waals surface area contributed by atoms with Gasteiger partial charge in [-0.2, -0.15) is 0 Å². The van der Waals surface area contributed by atoms with Crippen molar-refractivity contribution in [2.45, 2.75) is 24.7 Å². The van der Waals surface area contributed by atoms with Crippen molar-refractivity contribution in [3.8, 4) is 17.2 Å². The second-order valence-corrected chi connectivity index (χ2v) is 8.83. The normalized spacial score (nSPS) is 13.4. The van der Waals surface area contributed by atoms with Crippen LogP contribution in [0.1, 0.15) is 18.4 Å². The van der Waals surface area contributed by atoms with Crippen LogP contribution in [0.3, 0.4) is 0 Å². The summed E-state index contributed by atoms with van der Waals surface area (Å²) in [5.41, 5.74) is 1.25. The van der Waals surface area contributed by atoms with Crippen LogP contribution in [0.25, 0.3) is 0 Å². The van der Waals surface area contributed by atoms with Gasteiger partial charge in [-0.1, -0.05) is 11.6 Å². The van der Waals surface area contributed by atoms with Crippen molar-refractivity contribution in [3.63, 3.8) is 0 Å². The molecule has 0 atom stereocenters. The highest BCUT2D eigenvalue weighted by atomic mass is 35.5. The van der Waals surface area contributed by atoms with Gasteiger partial charge < -0.3 is 19.5 Å². The number of hydrogen-bond donors (Lipinski definition) is 2. The Balaban J connectivity index is 1.60.